The van der Waals surface area contributed by atoms with Gasteiger partial charge in [0.2, 0.25) is 0 Å². The van der Waals surface area contributed by atoms with Crippen LogP contribution in [0.2, 0.25) is 0 Å². The van der Waals surface area contributed by atoms with Gasteiger partial charge >= 0.3 is 5.97 Å². The fourth-order valence-corrected chi connectivity index (χ4v) is 5.05. The highest BCUT2D eigenvalue weighted by molar-refractivity contribution is 7.98. The van der Waals surface area contributed by atoms with Crippen molar-refractivity contribution in [1.29, 1.82) is 0 Å². The summed E-state index contributed by atoms with van der Waals surface area (Å²) in [6.45, 7) is 6.14. The van der Waals surface area contributed by atoms with E-state index >= 15 is 0 Å². The maximum atomic E-state index is 13.8. The number of nitrogens with zero attached hydrogens (tertiary/aromatic N) is 2. The zero-order valence-electron chi connectivity index (χ0n) is 25.0. The van der Waals surface area contributed by atoms with Crippen LogP contribution < -0.4 is 5.32 Å². The summed E-state index contributed by atoms with van der Waals surface area (Å²) in [7, 11) is 0. The Morgan fingerprint density at radius 1 is 1.07 bits per heavy atom. The number of esters is 1. The zero-order chi connectivity index (χ0) is 30.8. The van der Waals surface area contributed by atoms with E-state index in [0.29, 0.717) is 35.3 Å². The van der Waals surface area contributed by atoms with Crippen molar-refractivity contribution in [2.45, 2.75) is 51.8 Å². The van der Waals surface area contributed by atoms with Crippen LogP contribution in [0, 0.1) is 5.82 Å². The predicted molar refractivity (Wildman–Crippen MR) is 172 cm³/mol. The monoisotopic (exact) mass is 599 g/mol. The SMILES string of the molecule is CSCC[C@H](NC(=O)c1ccc(/C=C/Cc2nccn2Cc2ccccc2)cc1-c1ccc(F)cc1)C(=O)OC(C)(C)C. The zero-order valence-corrected chi connectivity index (χ0v) is 25.9. The highest BCUT2D eigenvalue weighted by Gasteiger charge is 2.27. The lowest BCUT2D eigenvalue weighted by Crippen LogP contribution is -2.44. The third-order valence-electron chi connectivity index (χ3n) is 6.66. The van der Waals surface area contributed by atoms with Gasteiger partial charge in [0.05, 0.1) is 0 Å². The standard InChI is InChI=1S/C35H38FN3O3S/c1-35(2,3)42-34(41)31(19-22-43-4)38-33(40)29-18-13-25(23-30(29)27-14-16-28(36)17-15-27)11-8-12-32-37-20-21-39(32)24-26-9-6-5-7-10-26/h5-11,13-18,20-21,23,31H,12,19,22,24H2,1-4H3,(H,38,40)/b11-8+/t31-/m0/s1. The number of nitrogens with one attached hydrogen (secondary N) is 1. The molecule has 1 atom stereocenters. The van der Waals surface area contributed by atoms with E-state index in [1.165, 1.54) is 17.7 Å². The van der Waals surface area contributed by atoms with Crippen molar-refractivity contribution in [3.05, 3.63) is 120 Å². The molecule has 4 rings (SSSR count). The van der Waals surface area contributed by atoms with Gasteiger partial charge in [-0.25, -0.2) is 14.2 Å². The number of imidazole rings is 1. The van der Waals surface area contributed by atoms with Crippen molar-refractivity contribution in [2.24, 2.45) is 0 Å². The summed E-state index contributed by atoms with van der Waals surface area (Å²) >= 11 is 1.59. The summed E-state index contributed by atoms with van der Waals surface area (Å²) in [5.74, 6) is 0.396. The van der Waals surface area contributed by atoms with Crippen LogP contribution in [0.3, 0.4) is 0 Å². The summed E-state index contributed by atoms with van der Waals surface area (Å²) in [6, 6.07) is 21.0. The van der Waals surface area contributed by atoms with Crippen LogP contribution in [0.1, 0.15) is 54.5 Å². The minimum Gasteiger partial charge on any atom is -0.458 e. The molecular weight excluding hydrogens is 561 g/mol. The highest BCUT2D eigenvalue weighted by atomic mass is 32.2. The molecular formula is C35H38FN3O3S. The minimum absolute atomic E-state index is 0.362. The molecule has 0 saturated carbocycles. The fourth-order valence-electron chi connectivity index (χ4n) is 4.58. The van der Waals surface area contributed by atoms with Gasteiger partial charge in [-0.05, 0) is 85.7 Å². The van der Waals surface area contributed by atoms with Crippen molar-refractivity contribution in [1.82, 2.24) is 14.9 Å². The predicted octanol–water partition coefficient (Wildman–Crippen LogP) is 7.19. The second kappa shape index (κ2) is 14.8. The van der Waals surface area contributed by atoms with Crippen molar-refractivity contribution in [2.75, 3.05) is 12.0 Å². The Morgan fingerprint density at radius 2 is 1.81 bits per heavy atom. The van der Waals surface area contributed by atoms with E-state index in [2.05, 4.69) is 27.0 Å². The number of carbonyl (C=O) groups excluding carboxylic acids is 2. The number of carbonyl (C=O) groups is 2. The summed E-state index contributed by atoms with van der Waals surface area (Å²) in [5, 5.41) is 2.89. The Balaban J connectivity index is 1.57. The van der Waals surface area contributed by atoms with E-state index in [4.69, 9.17) is 4.74 Å². The van der Waals surface area contributed by atoms with E-state index < -0.39 is 23.5 Å². The van der Waals surface area contributed by atoms with Crippen molar-refractivity contribution < 1.29 is 18.7 Å². The average molecular weight is 600 g/mol. The maximum absolute atomic E-state index is 13.8. The summed E-state index contributed by atoms with van der Waals surface area (Å²) in [4.78, 5) is 31.0. The fraction of sp³-hybridized carbons (Fsp3) is 0.286. The second-order valence-electron chi connectivity index (χ2n) is 11.2. The Labute approximate surface area is 257 Å². The smallest absolute Gasteiger partial charge is 0.329 e. The average Bonchev–Trinajstić information content (AvgIpc) is 3.41. The number of ether oxygens (including phenoxy) is 1. The molecule has 1 heterocycles. The van der Waals surface area contributed by atoms with Gasteiger partial charge in [0, 0.05) is 30.9 Å². The molecule has 1 amide bonds. The lowest BCUT2D eigenvalue weighted by molar-refractivity contribution is -0.157. The minimum atomic E-state index is -0.792. The van der Waals surface area contributed by atoms with Gasteiger partial charge in [0.1, 0.15) is 23.3 Å². The molecule has 0 aliphatic heterocycles. The number of rotatable bonds is 12. The third-order valence-corrected chi connectivity index (χ3v) is 7.30. The number of halogens is 1. The van der Waals surface area contributed by atoms with Gasteiger partial charge in [0.25, 0.3) is 5.91 Å². The first kappa shape index (κ1) is 31.8. The highest BCUT2D eigenvalue weighted by Crippen LogP contribution is 2.27. The molecule has 0 aliphatic rings. The van der Waals surface area contributed by atoms with Gasteiger partial charge in [0.15, 0.2) is 0 Å². The van der Waals surface area contributed by atoms with Gasteiger partial charge < -0.3 is 14.6 Å². The summed E-state index contributed by atoms with van der Waals surface area (Å²) < 4.78 is 21.5. The van der Waals surface area contributed by atoms with E-state index in [0.717, 1.165) is 17.9 Å². The van der Waals surface area contributed by atoms with Crippen LogP contribution in [0.25, 0.3) is 17.2 Å². The summed E-state index contributed by atoms with van der Waals surface area (Å²) in [6.07, 6.45) is 10.8. The molecule has 0 fully saturated rings. The van der Waals surface area contributed by atoms with Gasteiger partial charge in [-0.1, -0.05) is 60.7 Å². The van der Waals surface area contributed by atoms with Gasteiger partial charge in [-0.3, -0.25) is 4.79 Å². The number of amides is 1. The first-order valence-corrected chi connectivity index (χ1v) is 15.7. The molecule has 0 aliphatic carbocycles. The molecule has 224 valence electrons. The number of allylic oxidation sites excluding steroid dienone is 1. The van der Waals surface area contributed by atoms with Crippen LogP contribution >= 0.6 is 11.8 Å². The van der Waals surface area contributed by atoms with Gasteiger partial charge in [-0.15, -0.1) is 0 Å². The lowest BCUT2D eigenvalue weighted by atomic mass is 9.96. The molecule has 43 heavy (non-hydrogen) atoms. The Hall–Kier alpha value is -4.17. The van der Waals surface area contributed by atoms with E-state index in [-0.39, 0.29) is 5.82 Å². The van der Waals surface area contributed by atoms with Crippen LogP contribution in [-0.4, -0.2) is 45.1 Å². The van der Waals surface area contributed by atoms with E-state index in [1.807, 2.05) is 54.9 Å². The van der Waals surface area contributed by atoms with E-state index in [9.17, 15) is 14.0 Å². The normalized spacial score (nSPS) is 12.3. The van der Waals surface area contributed by atoms with Crippen molar-refractivity contribution in [3.8, 4) is 11.1 Å². The quantitative estimate of drug-likeness (QED) is 0.175. The first-order valence-electron chi connectivity index (χ1n) is 14.3. The molecule has 1 N–H and O–H groups in total. The molecule has 4 aromatic rings. The maximum Gasteiger partial charge on any atom is 0.329 e. The lowest BCUT2D eigenvalue weighted by Gasteiger charge is -2.25. The molecule has 0 saturated heterocycles. The number of benzene rings is 3. The third kappa shape index (κ3) is 9.41. The molecule has 8 heteroatoms. The molecule has 0 unspecified atom stereocenters. The Bertz CT molecular complexity index is 1540. The first-order chi connectivity index (χ1) is 20.6. The molecule has 0 bridgehead atoms. The molecule has 0 spiro atoms. The van der Waals surface area contributed by atoms with Crippen LogP contribution in [-0.2, 0) is 22.5 Å². The van der Waals surface area contributed by atoms with Crippen LogP contribution in [0.5, 0.6) is 0 Å². The van der Waals surface area contributed by atoms with Crippen molar-refractivity contribution >= 4 is 29.7 Å². The van der Waals surface area contributed by atoms with E-state index in [1.54, 1.807) is 56.9 Å². The number of thioether (sulfide) groups is 1. The topological polar surface area (TPSA) is 73.2 Å². The number of aromatic nitrogens is 2. The molecule has 3 aromatic carbocycles. The number of hydrogen-bond acceptors (Lipinski definition) is 5. The van der Waals surface area contributed by atoms with Crippen LogP contribution in [0.15, 0.2) is 91.3 Å². The largest absolute Gasteiger partial charge is 0.458 e. The molecule has 1 aromatic heterocycles. The van der Waals surface area contributed by atoms with Crippen molar-refractivity contribution in [3.63, 3.8) is 0 Å². The Morgan fingerprint density at radius 3 is 2.51 bits per heavy atom. The number of hydrogen-bond donors (Lipinski definition) is 1. The molecule has 6 nitrogen and oxygen atoms in total. The second-order valence-corrected chi connectivity index (χ2v) is 12.2. The Kier molecular flexibility index (Phi) is 11.0. The molecule has 0 radical (unpaired) electrons. The summed E-state index contributed by atoms with van der Waals surface area (Å²) in [5.41, 5.74) is 3.12. The van der Waals surface area contributed by atoms with Gasteiger partial charge in [-0.2, -0.15) is 11.8 Å². The van der Waals surface area contributed by atoms with Crippen LogP contribution in [0.4, 0.5) is 4.39 Å².